The molecule has 0 radical (unpaired) electrons. The second kappa shape index (κ2) is 4.62. The number of hydrogen-bond donors (Lipinski definition) is 0. The molecule has 0 unspecified atom stereocenters. The fourth-order valence-corrected chi connectivity index (χ4v) is 4.76. The van der Waals surface area contributed by atoms with Crippen molar-refractivity contribution in [3.05, 3.63) is 0 Å². The molecule has 3 aliphatic carbocycles. The smallest absolute Gasteiger partial charge is 0.302 e. The molecule has 0 aliphatic heterocycles. The third kappa shape index (κ3) is 2.23. The van der Waals surface area contributed by atoms with E-state index < -0.39 is 0 Å². The van der Waals surface area contributed by atoms with Crippen LogP contribution in [0.4, 0.5) is 0 Å². The Bertz CT molecular complexity index is 293. The molecule has 3 saturated carbocycles. The molecule has 0 N–H and O–H groups in total. The maximum atomic E-state index is 11.0. The highest BCUT2D eigenvalue weighted by molar-refractivity contribution is 5.66. The van der Waals surface area contributed by atoms with Crippen molar-refractivity contribution < 1.29 is 9.53 Å². The van der Waals surface area contributed by atoms with Crippen LogP contribution in [0, 0.1) is 23.7 Å². The van der Waals surface area contributed by atoms with Gasteiger partial charge in [-0.3, -0.25) is 4.79 Å². The molecule has 2 nitrogen and oxygen atoms in total. The Morgan fingerprint density at radius 1 is 0.941 bits per heavy atom. The molecule has 0 spiro atoms. The molecule has 0 aromatic carbocycles. The number of carbonyl (C=O) groups excluding carboxylic acids is 1. The van der Waals surface area contributed by atoms with Gasteiger partial charge < -0.3 is 4.74 Å². The van der Waals surface area contributed by atoms with Crippen molar-refractivity contribution in [1.82, 2.24) is 0 Å². The highest BCUT2D eigenvalue weighted by Gasteiger charge is 2.49. The highest BCUT2D eigenvalue weighted by atomic mass is 16.5. The van der Waals surface area contributed by atoms with E-state index in [1.807, 2.05) is 0 Å². The molecule has 2 heteroatoms. The summed E-state index contributed by atoms with van der Waals surface area (Å²) in [6, 6.07) is 0. The zero-order valence-electron chi connectivity index (χ0n) is 10.9. The van der Waals surface area contributed by atoms with E-state index in [0.29, 0.717) is 5.92 Å². The predicted octanol–water partition coefficient (Wildman–Crippen LogP) is 3.54. The van der Waals surface area contributed by atoms with Crippen molar-refractivity contribution in [2.24, 2.45) is 23.7 Å². The van der Waals surface area contributed by atoms with Crippen LogP contribution in [0.2, 0.25) is 0 Å². The molecule has 96 valence electrons. The van der Waals surface area contributed by atoms with Crippen LogP contribution in [-0.4, -0.2) is 12.1 Å². The Balaban J connectivity index is 1.57. The van der Waals surface area contributed by atoms with Crippen molar-refractivity contribution in [1.29, 1.82) is 0 Å². The van der Waals surface area contributed by atoms with Crippen LogP contribution >= 0.6 is 0 Å². The standard InChI is InChI=1S/C15H24O2/c1-10(16)17-15-9-12-7-13(15)8-14(12)11-5-3-2-4-6-11/h11-15H,2-9H2,1H3/t12-,13-,14-,15+/m1/s1. The molecule has 0 heterocycles. The van der Waals surface area contributed by atoms with Crippen LogP contribution in [0.5, 0.6) is 0 Å². The lowest BCUT2D eigenvalue weighted by molar-refractivity contribution is -0.149. The summed E-state index contributed by atoms with van der Waals surface area (Å²) in [5, 5.41) is 0. The van der Waals surface area contributed by atoms with Gasteiger partial charge in [-0.15, -0.1) is 0 Å². The van der Waals surface area contributed by atoms with E-state index in [2.05, 4.69) is 0 Å². The van der Waals surface area contributed by atoms with E-state index in [9.17, 15) is 4.79 Å². The summed E-state index contributed by atoms with van der Waals surface area (Å²) in [4.78, 5) is 11.0. The van der Waals surface area contributed by atoms with Crippen LogP contribution in [0.25, 0.3) is 0 Å². The monoisotopic (exact) mass is 236 g/mol. The molecule has 0 saturated heterocycles. The predicted molar refractivity (Wildman–Crippen MR) is 66.5 cm³/mol. The molecule has 4 atom stereocenters. The number of ether oxygens (including phenoxy) is 1. The normalized spacial score (nSPS) is 41.7. The minimum absolute atomic E-state index is 0.0863. The van der Waals surface area contributed by atoms with Crippen LogP contribution in [-0.2, 0) is 9.53 Å². The molecule has 0 aromatic rings. The zero-order valence-corrected chi connectivity index (χ0v) is 10.9. The van der Waals surface area contributed by atoms with E-state index in [0.717, 1.165) is 24.2 Å². The highest BCUT2D eigenvalue weighted by Crippen LogP contribution is 2.54. The fourth-order valence-electron chi connectivity index (χ4n) is 4.76. The van der Waals surface area contributed by atoms with Crippen LogP contribution in [0.1, 0.15) is 58.3 Å². The largest absolute Gasteiger partial charge is 0.462 e. The molecule has 17 heavy (non-hydrogen) atoms. The topological polar surface area (TPSA) is 26.3 Å². The summed E-state index contributed by atoms with van der Waals surface area (Å²) >= 11 is 0. The molecule has 0 aromatic heterocycles. The summed E-state index contributed by atoms with van der Waals surface area (Å²) in [6.45, 7) is 1.55. The van der Waals surface area contributed by atoms with Crippen molar-refractivity contribution in [2.75, 3.05) is 0 Å². The first-order chi connectivity index (χ1) is 8.24. The van der Waals surface area contributed by atoms with Gasteiger partial charge in [-0.1, -0.05) is 32.1 Å². The summed E-state index contributed by atoms with van der Waals surface area (Å²) in [6.07, 6.45) is 11.4. The van der Waals surface area contributed by atoms with Crippen LogP contribution in [0.15, 0.2) is 0 Å². The number of hydrogen-bond acceptors (Lipinski definition) is 2. The minimum Gasteiger partial charge on any atom is -0.462 e. The van der Waals surface area contributed by atoms with Gasteiger partial charge in [0.1, 0.15) is 6.10 Å². The van der Waals surface area contributed by atoms with E-state index in [4.69, 9.17) is 4.74 Å². The quantitative estimate of drug-likeness (QED) is 0.685. The molecule has 3 rings (SSSR count). The number of rotatable bonds is 2. The molecule has 2 bridgehead atoms. The van der Waals surface area contributed by atoms with Gasteiger partial charge in [0.15, 0.2) is 0 Å². The summed E-state index contributed by atoms with van der Waals surface area (Å²) in [5.74, 6) is 3.43. The summed E-state index contributed by atoms with van der Waals surface area (Å²) in [7, 11) is 0. The third-order valence-corrected chi connectivity index (χ3v) is 5.42. The zero-order chi connectivity index (χ0) is 11.8. The van der Waals surface area contributed by atoms with Gasteiger partial charge in [0.05, 0.1) is 0 Å². The van der Waals surface area contributed by atoms with Gasteiger partial charge >= 0.3 is 5.97 Å². The Morgan fingerprint density at radius 3 is 2.29 bits per heavy atom. The van der Waals surface area contributed by atoms with Gasteiger partial charge in [0.25, 0.3) is 0 Å². The molecular weight excluding hydrogens is 212 g/mol. The third-order valence-electron chi connectivity index (χ3n) is 5.42. The molecular formula is C15H24O2. The van der Waals surface area contributed by atoms with E-state index in [1.54, 1.807) is 6.92 Å². The number of fused-ring (bicyclic) bond motifs is 2. The van der Waals surface area contributed by atoms with Gasteiger partial charge in [-0.25, -0.2) is 0 Å². The van der Waals surface area contributed by atoms with Crippen LogP contribution < -0.4 is 0 Å². The Kier molecular flexibility index (Phi) is 3.14. The number of esters is 1. The lowest BCUT2D eigenvalue weighted by Gasteiger charge is -2.35. The number of carbonyl (C=O) groups is 1. The summed E-state index contributed by atoms with van der Waals surface area (Å²) < 4.78 is 5.44. The maximum absolute atomic E-state index is 11.0. The van der Waals surface area contributed by atoms with Crippen molar-refractivity contribution >= 4 is 5.97 Å². The van der Waals surface area contributed by atoms with Crippen molar-refractivity contribution in [3.63, 3.8) is 0 Å². The lowest BCUT2D eigenvalue weighted by Crippen LogP contribution is -2.30. The lowest BCUT2D eigenvalue weighted by atomic mass is 9.72. The maximum Gasteiger partial charge on any atom is 0.302 e. The van der Waals surface area contributed by atoms with Gasteiger partial charge in [-0.05, 0) is 42.9 Å². The first kappa shape index (κ1) is 11.6. The summed E-state index contributed by atoms with van der Waals surface area (Å²) in [5.41, 5.74) is 0. The Hall–Kier alpha value is -0.530. The molecule has 3 fully saturated rings. The Morgan fingerprint density at radius 2 is 1.71 bits per heavy atom. The average molecular weight is 236 g/mol. The average Bonchev–Trinajstić information content (AvgIpc) is 2.88. The first-order valence-electron chi connectivity index (χ1n) is 7.41. The van der Waals surface area contributed by atoms with Gasteiger partial charge in [-0.2, -0.15) is 0 Å². The van der Waals surface area contributed by atoms with Gasteiger partial charge in [0.2, 0.25) is 0 Å². The minimum atomic E-state index is -0.0863. The van der Waals surface area contributed by atoms with E-state index in [-0.39, 0.29) is 12.1 Å². The van der Waals surface area contributed by atoms with Crippen LogP contribution in [0.3, 0.4) is 0 Å². The van der Waals surface area contributed by atoms with E-state index in [1.165, 1.54) is 44.9 Å². The van der Waals surface area contributed by atoms with Crippen molar-refractivity contribution in [2.45, 2.75) is 64.4 Å². The SMILES string of the molecule is CC(=O)O[C@H]1C[C@H]2C[C@@H]1C[C@@H]2C1CCCCC1. The fraction of sp³-hybridized carbons (Fsp3) is 0.933. The molecule has 3 aliphatic rings. The Labute approximate surface area is 104 Å². The molecule has 0 amide bonds. The van der Waals surface area contributed by atoms with Crippen molar-refractivity contribution in [3.8, 4) is 0 Å². The second-order valence-corrected chi connectivity index (χ2v) is 6.44. The van der Waals surface area contributed by atoms with E-state index >= 15 is 0 Å². The first-order valence-corrected chi connectivity index (χ1v) is 7.41. The van der Waals surface area contributed by atoms with Gasteiger partial charge in [0, 0.05) is 6.92 Å². The second-order valence-electron chi connectivity index (χ2n) is 6.44.